The van der Waals surface area contributed by atoms with Gasteiger partial charge in [-0.2, -0.15) is 0 Å². The molecule has 2 aromatic carbocycles. The average molecular weight is 383 g/mol. The van der Waals surface area contributed by atoms with Crippen molar-refractivity contribution < 1.29 is 0 Å². The quantitative estimate of drug-likeness (QED) is 0.615. The van der Waals surface area contributed by atoms with Crippen LogP contribution in [0, 0.1) is 0 Å². The van der Waals surface area contributed by atoms with Gasteiger partial charge in [0.1, 0.15) is 11.5 Å². The summed E-state index contributed by atoms with van der Waals surface area (Å²) in [5.74, 6) is 0.0776. The molecule has 9 heteroatoms. The number of halogens is 3. The summed E-state index contributed by atoms with van der Waals surface area (Å²) >= 11 is 17.9. The zero-order valence-corrected chi connectivity index (χ0v) is 14.3. The zero-order chi connectivity index (χ0) is 17.3. The van der Waals surface area contributed by atoms with Gasteiger partial charge in [0.25, 0.3) is 0 Å². The molecule has 0 atom stereocenters. The maximum atomic E-state index is 12.4. The molecule has 3 aromatic rings. The first-order valence-corrected chi connectivity index (χ1v) is 7.83. The Morgan fingerprint density at radius 3 is 2.17 bits per heavy atom. The molecular formula is C15H10Cl3N5O. The number of nitrogens with one attached hydrogen (secondary N) is 1. The molecule has 24 heavy (non-hydrogen) atoms. The number of H-pyrrole nitrogens is 1. The van der Waals surface area contributed by atoms with E-state index in [2.05, 4.69) is 15.3 Å². The van der Waals surface area contributed by atoms with E-state index in [1.54, 1.807) is 24.3 Å². The van der Waals surface area contributed by atoms with E-state index in [9.17, 15) is 4.79 Å². The van der Waals surface area contributed by atoms with E-state index in [0.29, 0.717) is 10.7 Å². The molecule has 6 nitrogen and oxygen atoms in total. The summed E-state index contributed by atoms with van der Waals surface area (Å²) in [4.78, 5) is 12.4. The van der Waals surface area contributed by atoms with Gasteiger partial charge in [-0.3, -0.25) is 9.89 Å². The molecule has 0 saturated heterocycles. The van der Waals surface area contributed by atoms with Crippen molar-refractivity contribution in [1.82, 2.24) is 9.78 Å². The number of nitrogen functional groups attached to an aromatic ring is 1. The van der Waals surface area contributed by atoms with E-state index in [1.807, 2.05) is 6.07 Å². The van der Waals surface area contributed by atoms with Crippen LogP contribution in [0.25, 0.3) is 5.69 Å². The molecule has 0 spiro atoms. The van der Waals surface area contributed by atoms with Crippen molar-refractivity contribution in [2.75, 3.05) is 5.73 Å². The SMILES string of the molecule is Nc1[nH]n(-c2ccccc2)c(=O)c1N=Nc1c(Cl)cc(Cl)cc1Cl. The number of anilines is 1. The van der Waals surface area contributed by atoms with E-state index in [0.717, 1.165) is 0 Å². The first-order chi connectivity index (χ1) is 11.5. The Hall–Kier alpha value is -2.28. The molecule has 0 bridgehead atoms. The van der Waals surface area contributed by atoms with Gasteiger partial charge in [0.15, 0.2) is 5.69 Å². The molecule has 0 aliphatic carbocycles. The summed E-state index contributed by atoms with van der Waals surface area (Å²) in [7, 11) is 0. The molecular weight excluding hydrogens is 373 g/mol. The van der Waals surface area contributed by atoms with Crippen molar-refractivity contribution in [1.29, 1.82) is 0 Å². The highest BCUT2D eigenvalue weighted by molar-refractivity contribution is 6.41. The second kappa shape index (κ2) is 6.68. The van der Waals surface area contributed by atoms with Crippen LogP contribution in [0.4, 0.5) is 17.2 Å². The molecule has 0 fully saturated rings. The number of nitrogens with two attached hydrogens (primary N) is 1. The largest absolute Gasteiger partial charge is 0.382 e. The monoisotopic (exact) mass is 381 g/mol. The highest BCUT2D eigenvalue weighted by atomic mass is 35.5. The predicted octanol–water partition coefficient (Wildman–Crippen LogP) is 5.12. The lowest BCUT2D eigenvalue weighted by atomic mass is 10.3. The molecule has 0 amide bonds. The Labute approximate surface area is 151 Å². The Morgan fingerprint density at radius 1 is 0.958 bits per heavy atom. The first-order valence-electron chi connectivity index (χ1n) is 6.69. The van der Waals surface area contributed by atoms with Gasteiger partial charge in [-0.1, -0.05) is 53.0 Å². The van der Waals surface area contributed by atoms with Gasteiger partial charge < -0.3 is 5.73 Å². The Bertz CT molecular complexity index is 956. The third-order valence-electron chi connectivity index (χ3n) is 3.14. The van der Waals surface area contributed by atoms with Crippen molar-refractivity contribution in [2.24, 2.45) is 10.2 Å². The molecule has 0 radical (unpaired) electrons. The van der Waals surface area contributed by atoms with Gasteiger partial charge in [-0.05, 0) is 24.3 Å². The van der Waals surface area contributed by atoms with E-state index in [-0.39, 0.29) is 27.2 Å². The van der Waals surface area contributed by atoms with Gasteiger partial charge in [0, 0.05) is 5.02 Å². The van der Waals surface area contributed by atoms with Crippen molar-refractivity contribution in [3.63, 3.8) is 0 Å². The topological polar surface area (TPSA) is 88.5 Å². The number of aromatic amines is 1. The van der Waals surface area contributed by atoms with Crippen molar-refractivity contribution in [3.8, 4) is 5.69 Å². The number of para-hydroxylation sites is 1. The summed E-state index contributed by atoms with van der Waals surface area (Å²) in [5, 5.41) is 11.4. The van der Waals surface area contributed by atoms with Crippen molar-refractivity contribution in [3.05, 3.63) is 67.9 Å². The average Bonchev–Trinajstić information content (AvgIpc) is 2.82. The second-order valence-corrected chi connectivity index (χ2v) is 6.02. The van der Waals surface area contributed by atoms with Crippen LogP contribution in [0.2, 0.25) is 15.1 Å². The summed E-state index contributed by atoms with van der Waals surface area (Å²) in [6.45, 7) is 0. The maximum absolute atomic E-state index is 12.4. The number of nitrogens with zero attached hydrogens (tertiary/aromatic N) is 3. The van der Waals surface area contributed by atoms with E-state index < -0.39 is 5.56 Å². The molecule has 1 heterocycles. The number of hydrogen-bond donors (Lipinski definition) is 2. The molecule has 0 aliphatic rings. The van der Waals surface area contributed by atoms with E-state index in [1.165, 1.54) is 16.8 Å². The van der Waals surface area contributed by atoms with Crippen LogP contribution >= 0.6 is 34.8 Å². The summed E-state index contributed by atoms with van der Waals surface area (Å²) < 4.78 is 1.27. The highest BCUT2D eigenvalue weighted by Crippen LogP contribution is 2.37. The summed E-state index contributed by atoms with van der Waals surface area (Å²) in [6.07, 6.45) is 0. The zero-order valence-electron chi connectivity index (χ0n) is 12.0. The van der Waals surface area contributed by atoms with E-state index >= 15 is 0 Å². The van der Waals surface area contributed by atoms with Crippen LogP contribution in [-0.2, 0) is 0 Å². The standard InChI is InChI=1S/C15H10Cl3N5O/c16-8-6-10(17)12(11(18)7-8)20-21-13-14(19)22-23(15(13)24)9-4-2-1-3-5-9/h1-7,22H,19H2. The van der Waals surface area contributed by atoms with Crippen LogP contribution in [0.3, 0.4) is 0 Å². The fourth-order valence-electron chi connectivity index (χ4n) is 2.03. The lowest BCUT2D eigenvalue weighted by Crippen LogP contribution is -2.13. The Morgan fingerprint density at radius 2 is 1.54 bits per heavy atom. The maximum Gasteiger partial charge on any atom is 0.301 e. The second-order valence-electron chi connectivity index (χ2n) is 4.77. The lowest BCUT2D eigenvalue weighted by Gasteiger charge is -2.00. The normalized spacial score (nSPS) is 11.3. The lowest BCUT2D eigenvalue weighted by molar-refractivity contribution is 0.853. The Balaban J connectivity index is 2.03. The molecule has 122 valence electrons. The molecule has 1 aromatic heterocycles. The third-order valence-corrected chi connectivity index (χ3v) is 3.93. The number of benzene rings is 2. The highest BCUT2D eigenvalue weighted by Gasteiger charge is 2.14. The number of hydrogen-bond acceptors (Lipinski definition) is 4. The summed E-state index contributed by atoms with van der Waals surface area (Å²) in [6, 6.07) is 11.9. The van der Waals surface area contributed by atoms with Crippen LogP contribution in [-0.4, -0.2) is 9.78 Å². The van der Waals surface area contributed by atoms with E-state index in [4.69, 9.17) is 40.5 Å². The summed E-state index contributed by atoms with van der Waals surface area (Å²) in [5.41, 5.74) is 6.17. The van der Waals surface area contributed by atoms with Crippen LogP contribution < -0.4 is 11.3 Å². The van der Waals surface area contributed by atoms with Crippen LogP contribution in [0.15, 0.2) is 57.5 Å². The minimum Gasteiger partial charge on any atom is -0.382 e. The first kappa shape index (κ1) is 16.6. The number of aromatic nitrogens is 2. The predicted molar refractivity (Wildman–Crippen MR) is 96.5 cm³/mol. The minimum atomic E-state index is -0.441. The van der Waals surface area contributed by atoms with Gasteiger partial charge in [-0.15, -0.1) is 10.2 Å². The molecule has 0 unspecified atom stereocenters. The molecule has 0 saturated carbocycles. The van der Waals surface area contributed by atoms with Crippen molar-refractivity contribution in [2.45, 2.75) is 0 Å². The Kier molecular flexibility index (Phi) is 4.62. The van der Waals surface area contributed by atoms with Crippen molar-refractivity contribution >= 4 is 52.0 Å². The fraction of sp³-hybridized carbons (Fsp3) is 0. The smallest absolute Gasteiger partial charge is 0.301 e. The molecule has 3 rings (SSSR count). The molecule has 0 aliphatic heterocycles. The van der Waals surface area contributed by atoms with Gasteiger partial charge >= 0.3 is 5.56 Å². The number of rotatable bonds is 3. The van der Waals surface area contributed by atoms with Gasteiger partial charge in [-0.25, -0.2) is 4.68 Å². The number of azo groups is 1. The van der Waals surface area contributed by atoms with Crippen LogP contribution in [0.5, 0.6) is 0 Å². The third kappa shape index (κ3) is 3.17. The fourth-order valence-corrected chi connectivity index (χ4v) is 2.92. The molecule has 3 N–H and O–H groups in total. The van der Waals surface area contributed by atoms with Gasteiger partial charge in [0.2, 0.25) is 0 Å². The minimum absolute atomic E-state index is 0.0408. The van der Waals surface area contributed by atoms with Gasteiger partial charge in [0.05, 0.1) is 15.7 Å². The van der Waals surface area contributed by atoms with Crippen LogP contribution in [0.1, 0.15) is 0 Å².